The molecule has 1 saturated heterocycles. The van der Waals surface area contributed by atoms with E-state index in [4.69, 9.17) is 4.98 Å². The van der Waals surface area contributed by atoms with Gasteiger partial charge in [0.25, 0.3) is 5.56 Å². The van der Waals surface area contributed by atoms with Gasteiger partial charge in [-0.2, -0.15) is 0 Å². The third kappa shape index (κ3) is 2.57. The molecule has 3 heterocycles. The van der Waals surface area contributed by atoms with E-state index in [0.29, 0.717) is 0 Å². The number of aromatic nitrogens is 2. The first-order valence-corrected chi connectivity index (χ1v) is 9.96. The topological polar surface area (TPSA) is 61.0 Å². The minimum atomic E-state index is 0.0751. The molecule has 5 nitrogen and oxygen atoms in total. The van der Waals surface area contributed by atoms with Crippen molar-refractivity contribution in [3.63, 3.8) is 0 Å². The van der Waals surface area contributed by atoms with Crippen LogP contribution in [0.25, 0.3) is 0 Å². The lowest BCUT2D eigenvalue weighted by molar-refractivity contribution is 0.249. The molecule has 0 atom stereocenters. The summed E-state index contributed by atoms with van der Waals surface area (Å²) < 4.78 is 0. The van der Waals surface area contributed by atoms with Gasteiger partial charge in [0.2, 0.25) is 5.95 Å². The van der Waals surface area contributed by atoms with Crippen LogP contribution in [0.5, 0.6) is 0 Å². The minimum Gasteiger partial charge on any atom is -0.342 e. The van der Waals surface area contributed by atoms with Crippen LogP contribution in [0.2, 0.25) is 0 Å². The summed E-state index contributed by atoms with van der Waals surface area (Å²) in [6.07, 6.45) is 7.28. The lowest BCUT2D eigenvalue weighted by atomic mass is 9.76. The number of rotatable bonds is 1. The van der Waals surface area contributed by atoms with Gasteiger partial charge in [-0.05, 0) is 56.1 Å². The highest BCUT2D eigenvalue weighted by atomic mass is 16.1. The molecule has 1 aromatic carbocycles. The normalized spacial score (nSPS) is 21.3. The highest BCUT2D eigenvalue weighted by Crippen LogP contribution is 2.38. The van der Waals surface area contributed by atoms with Crippen molar-refractivity contribution in [3.05, 3.63) is 57.0 Å². The molecule has 0 bridgehead atoms. The number of fused-ring (bicyclic) bond motifs is 3. The Morgan fingerprint density at radius 3 is 2.73 bits per heavy atom. The van der Waals surface area contributed by atoms with Crippen LogP contribution in [0.15, 0.2) is 29.1 Å². The first-order chi connectivity index (χ1) is 12.8. The van der Waals surface area contributed by atoms with E-state index < -0.39 is 0 Å². The highest BCUT2D eigenvalue weighted by molar-refractivity contribution is 5.40. The van der Waals surface area contributed by atoms with Crippen LogP contribution in [0.1, 0.15) is 48.1 Å². The third-order valence-electron chi connectivity index (χ3n) is 6.49. The fourth-order valence-corrected chi connectivity index (χ4v) is 5.02. The Bertz CT molecular complexity index is 880. The second-order valence-electron chi connectivity index (χ2n) is 7.92. The number of benzene rings is 1. The van der Waals surface area contributed by atoms with E-state index in [0.717, 1.165) is 81.8 Å². The predicted octanol–water partition coefficient (Wildman–Crippen LogP) is 2.29. The standard InChI is InChI=1S/C21H26N4O/c26-19-16-6-2-4-8-18(16)23-20(24-19)25-13-10-21(11-14-25)17-7-3-1-5-15(17)9-12-22-21/h1,3,5,7,22H,2,4,6,8-14H2,(H,23,24,26). The number of H-pyrrole nitrogens is 1. The van der Waals surface area contributed by atoms with Gasteiger partial charge in [-0.3, -0.25) is 9.78 Å². The van der Waals surface area contributed by atoms with Gasteiger partial charge in [-0.15, -0.1) is 0 Å². The quantitative estimate of drug-likeness (QED) is 0.828. The van der Waals surface area contributed by atoms with E-state index in [1.165, 1.54) is 11.1 Å². The Morgan fingerprint density at radius 1 is 1.04 bits per heavy atom. The summed E-state index contributed by atoms with van der Waals surface area (Å²) in [4.78, 5) is 22.6. The molecule has 2 aliphatic heterocycles. The fourth-order valence-electron chi connectivity index (χ4n) is 5.02. The van der Waals surface area contributed by atoms with Gasteiger partial charge in [-0.1, -0.05) is 24.3 Å². The molecule has 1 fully saturated rings. The molecule has 136 valence electrons. The number of piperidine rings is 1. The molecule has 2 N–H and O–H groups in total. The second-order valence-corrected chi connectivity index (χ2v) is 7.92. The summed E-state index contributed by atoms with van der Waals surface area (Å²) in [7, 11) is 0. The first kappa shape index (κ1) is 16.1. The molecule has 5 heteroatoms. The Kier molecular flexibility index (Phi) is 3.85. The van der Waals surface area contributed by atoms with Crippen LogP contribution in [0.4, 0.5) is 5.95 Å². The highest BCUT2D eigenvalue weighted by Gasteiger charge is 2.39. The molecule has 0 radical (unpaired) electrons. The lowest BCUT2D eigenvalue weighted by Gasteiger charge is -2.46. The molecule has 1 spiro atoms. The maximum Gasteiger partial charge on any atom is 0.255 e. The van der Waals surface area contributed by atoms with Crippen LogP contribution in [0, 0.1) is 0 Å². The minimum absolute atomic E-state index is 0.0751. The summed E-state index contributed by atoms with van der Waals surface area (Å²) >= 11 is 0. The average Bonchev–Trinajstić information content (AvgIpc) is 2.69. The molecule has 26 heavy (non-hydrogen) atoms. The molecule has 1 aromatic heterocycles. The van der Waals surface area contributed by atoms with Crippen molar-refractivity contribution in [3.8, 4) is 0 Å². The Hall–Kier alpha value is -2.14. The van der Waals surface area contributed by atoms with Crippen molar-refractivity contribution >= 4 is 5.95 Å². The van der Waals surface area contributed by atoms with Gasteiger partial charge in [0.05, 0.1) is 5.69 Å². The zero-order valence-electron chi connectivity index (χ0n) is 15.2. The van der Waals surface area contributed by atoms with Gasteiger partial charge in [-0.25, -0.2) is 4.98 Å². The summed E-state index contributed by atoms with van der Waals surface area (Å²) in [5, 5.41) is 3.80. The number of aromatic amines is 1. The first-order valence-electron chi connectivity index (χ1n) is 9.96. The Balaban J connectivity index is 1.40. The molecule has 3 aliphatic rings. The number of nitrogens with one attached hydrogen (secondary N) is 2. The number of anilines is 1. The van der Waals surface area contributed by atoms with Crippen molar-refractivity contribution in [2.24, 2.45) is 0 Å². The van der Waals surface area contributed by atoms with Crippen molar-refractivity contribution < 1.29 is 0 Å². The number of hydrogen-bond donors (Lipinski definition) is 2. The molecule has 0 amide bonds. The van der Waals surface area contributed by atoms with Crippen molar-refractivity contribution in [2.75, 3.05) is 24.5 Å². The largest absolute Gasteiger partial charge is 0.342 e. The summed E-state index contributed by atoms with van der Waals surface area (Å²) in [6.45, 7) is 2.89. The lowest BCUT2D eigenvalue weighted by Crippen LogP contribution is -2.54. The fraction of sp³-hybridized carbons (Fsp3) is 0.524. The van der Waals surface area contributed by atoms with Gasteiger partial charge >= 0.3 is 0 Å². The Morgan fingerprint density at radius 2 is 1.85 bits per heavy atom. The maximum absolute atomic E-state index is 12.5. The van der Waals surface area contributed by atoms with E-state index in [-0.39, 0.29) is 11.1 Å². The van der Waals surface area contributed by atoms with Crippen LogP contribution < -0.4 is 15.8 Å². The van der Waals surface area contributed by atoms with Crippen LogP contribution in [-0.4, -0.2) is 29.6 Å². The zero-order chi connectivity index (χ0) is 17.6. The van der Waals surface area contributed by atoms with Crippen molar-refractivity contribution in [2.45, 2.75) is 50.5 Å². The van der Waals surface area contributed by atoms with E-state index >= 15 is 0 Å². The van der Waals surface area contributed by atoms with E-state index in [1.807, 2.05) is 0 Å². The molecule has 2 aromatic rings. The van der Waals surface area contributed by atoms with Gasteiger partial charge in [0.1, 0.15) is 0 Å². The third-order valence-corrected chi connectivity index (χ3v) is 6.49. The van der Waals surface area contributed by atoms with Gasteiger partial charge < -0.3 is 10.2 Å². The van der Waals surface area contributed by atoms with E-state index in [1.54, 1.807) is 0 Å². The summed E-state index contributed by atoms with van der Waals surface area (Å²) in [6, 6.07) is 8.86. The van der Waals surface area contributed by atoms with E-state index in [2.05, 4.69) is 39.5 Å². The average molecular weight is 350 g/mol. The number of nitrogens with zero attached hydrogens (tertiary/aromatic N) is 2. The van der Waals surface area contributed by atoms with Gasteiger partial charge in [0, 0.05) is 30.7 Å². The smallest absolute Gasteiger partial charge is 0.255 e. The monoisotopic (exact) mass is 350 g/mol. The Labute approximate surface area is 153 Å². The second kappa shape index (κ2) is 6.23. The molecular formula is C21H26N4O. The molecule has 0 unspecified atom stereocenters. The molecule has 0 saturated carbocycles. The molecule has 5 rings (SSSR count). The zero-order valence-corrected chi connectivity index (χ0v) is 15.2. The molecule has 1 aliphatic carbocycles. The number of aryl methyl sites for hydroxylation is 1. The van der Waals surface area contributed by atoms with Crippen molar-refractivity contribution in [1.29, 1.82) is 0 Å². The SMILES string of the molecule is O=c1[nH]c(N2CCC3(CC2)NCCc2ccccc23)nc2c1CCCC2. The van der Waals surface area contributed by atoms with Crippen LogP contribution >= 0.6 is 0 Å². The van der Waals surface area contributed by atoms with Crippen LogP contribution in [-0.2, 0) is 24.8 Å². The van der Waals surface area contributed by atoms with Gasteiger partial charge in [0.15, 0.2) is 0 Å². The summed E-state index contributed by atoms with van der Waals surface area (Å²) in [5.41, 5.74) is 5.05. The predicted molar refractivity (Wildman–Crippen MR) is 103 cm³/mol. The summed E-state index contributed by atoms with van der Waals surface area (Å²) in [5.74, 6) is 0.773. The maximum atomic E-state index is 12.5. The van der Waals surface area contributed by atoms with Crippen molar-refractivity contribution in [1.82, 2.24) is 15.3 Å². The number of hydrogen-bond acceptors (Lipinski definition) is 4. The van der Waals surface area contributed by atoms with E-state index in [9.17, 15) is 4.79 Å². The van der Waals surface area contributed by atoms with Crippen LogP contribution in [0.3, 0.4) is 0 Å². The molecular weight excluding hydrogens is 324 g/mol.